The molecular formula is C15H18ClN5. The molecule has 2 heterocycles. The van der Waals surface area contributed by atoms with Crippen LogP contribution in [0.4, 0.5) is 11.5 Å². The Labute approximate surface area is 129 Å². The summed E-state index contributed by atoms with van der Waals surface area (Å²) < 4.78 is 0. The van der Waals surface area contributed by atoms with Gasteiger partial charge in [-0.05, 0) is 12.1 Å². The highest BCUT2D eigenvalue weighted by atomic mass is 35.5. The molecule has 1 aromatic heterocycles. The lowest BCUT2D eigenvalue weighted by molar-refractivity contribution is 0.645. The molecule has 2 aromatic rings. The standard InChI is InChI=1S/C15H18ClN5/c16-13-3-1-2-4-14(13)20-5-7-21(8-6-20)15-11-18-12(9-17)10-19-15/h1-4,10-11H,5-9,17H2. The summed E-state index contributed by atoms with van der Waals surface area (Å²) in [6.45, 7) is 4.07. The number of piperazine rings is 1. The van der Waals surface area contributed by atoms with Crippen molar-refractivity contribution in [2.24, 2.45) is 5.73 Å². The predicted octanol–water partition coefficient (Wildman–Crippen LogP) is 1.92. The Balaban J connectivity index is 1.66. The van der Waals surface area contributed by atoms with Crippen molar-refractivity contribution < 1.29 is 0 Å². The Morgan fingerprint density at radius 3 is 2.33 bits per heavy atom. The fourth-order valence-electron chi connectivity index (χ4n) is 2.50. The highest BCUT2D eigenvalue weighted by molar-refractivity contribution is 6.33. The van der Waals surface area contributed by atoms with Crippen LogP contribution in [0.25, 0.3) is 0 Å². The van der Waals surface area contributed by atoms with Crippen molar-refractivity contribution in [3.05, 3.63) is 47.4 Å². The third-order valence-electron chi connectivity index (χ3n) is 3.70. The Morgan fingerprint density at radius 2 is 1.71 bits per heavy atom. The molecule has 0 amide bonds. The number of halogens is 1. The number of rotatable bonds is 3. The zero-order valence-electron chi connectivity index (χ0n) is 11.7. The molecule has 1 aromatic carbocycles. The highest BCUT2D eigenvalue weighted by Gasteiger charge is 2.19. The van der Waals surface area contributed by atoms with Crippen molar-refractivity contribution in [1.29, 1.82) is 0 Å². The van der Waals surface area contributed by atoms with Crippen LogP contribution in [-0.2, 0) is 6.54 Å². The van der Waals surface area contributed by atoms with Gasteiger partial charge in [-0.15, -0.1) is 0 Å². The molecule has 0 aliphatic carbocycles. The van der Waals surface area contributed by atoms with Crippen molar-refractivity contribution in [3.63, 3.8) is 0 Å². The summed E-state index contributed by atoms with van der Waals surface area (Å²) in [4.78, 5) is 13.3. The smallest absolute Gasteiger partial charge is 0.147 e. The molecule has 1 aliphatic heterocycles. The maximum absolute atomic E-state index is 6.25. The van der Waals surface area contributed by atoms with E-state index in [1.807, 2.05) is 18.2 Å². The number of hydrogen-bond donors (Lipinski definition) is 1. The summed E-state index contributed by atoms with van der Waals surface area (Å²) in [6, 6.07) is 7.97. The average Bonchev–Trinajstić information content (AvgIpc) is 2.56. The van der Waals surface area contributed by atoms with E-state index in [0.717, 1.165) is 48.4 Å². The molecule has 0 radical (unpaired) electrons. The van der Waals surface area contributed by atoms with Crippen LogP contribution < -0.4 is 15.5 Å². The Hall–Kier alpha value is -1.85. The molecular weight excluding hydrogens is 286 g/mol. The van der Waals surface area contributed by atoms with E-state index in [4.69, 9.17) is 17.3 Å². The maximum atomic E-state index is 6.25. The van der Waals surface area contributed by atoms with E-state index in [1.54, 1.807) is 12.4 Å². The zero-order chi connectivity index (χ0) is 14.7. The molecule has 21 heavy (non-hydrogen) atoms. The van der Waals surface area contributed by atoms with Gasteiger partial charge in [-0.3, -0.25) is 4.98 Å². The summed E-state index contributed by atoms with van der Waals surface area (Å²) in [5, 5.41) is 0.804. The first kappa shape index (κ1) is 14.1. The molecule has 1 fully saturated rings. The minimum Gasteiger partial charge on any atom is -0.367 e. The van der Waals surface area contributed by atoms with Crippen LogP contribution in [0.5, 0.6) is 0 Å². The predicted molar refractivity (Wildman–Crippen MR) is 85.8 cm³/mol. The van der Waals surface area contributed by atoms with Crippen LogP contribution in [-0.4, -0.2) is 36.1 Å². The second-order valence-corrected chi connectivity index (χ2v) is 5.40. The van der Waals surface area contributed by atoms with E-state index >= 15 is 0 Å². The van der Waals surface area contributed by atoms with Gasteiger partial charge in [-0.1, -0.05) is 23.7 Å². The van der Waals surface area contributed by atoms with Gasteiger partial charge in [0.25, 0.3) is 0 Å². The lowest BCUT2D eigenvalue weighted by Gasteiger charge is -2.36. The summed E-state index contributed by atoms with van der Waals surface area (Å²) in [7, 11) is 0. The Morgan fingerprint density at radius 1 is 1.00 bits per heavy atom. The lowest BCUT2D eigenvalue weighted by Crippen LogP contribution is -2.47. The summed E-state index contributed by atoms with van der Waals surface area (Å²) in [5.41, 5.74) is 7.45. The molecule has 0 unspecified atom stereocenters. The lowest BCUT2D eigenvalue weighted by atomic mass is 10.2. The normalized spacial score (nSPS) is 15.3. The van der Waals surface area contributed by atoms with Crippen molar-refractivity contribution >= 4 is 23.1 Å². The van der Waals surface area contributed by atoms with E-state index in [0.29, 0.717) is 6.54 Å². The molecule has 3 rings (SSSR count). The van der Waals surface area contributed by atoms with Crippen LogP contribution in [0.2, 0.25) is 5.02 Å². The van der Waals surface area contributed by atoms with Gasteiger partial charge in [0, 0.05) is 32.7 Å². The van der Waals surface area contributed by atoms with Crippen LogP contribution in [0.3, 0.4) is 0 Å². The molecule has 0 spiro atoms. The molecule has 6 heteroatoms. The van der Waals surface area contributed by atoms with Crippen molar-refractivity contribution in [2.45, 2.75) is 6.54 Å². The number of anilines is 2. The minimum atomic E-state index is 0.424. The molecule has 0 saturated carbocycles. The van der Waals surface area contributed by atoms with Gasteiger partial charge in [0.05, 0.1) is 28.8 Å². The van der Waals surface area contributed by atoms with Gasteiger partial charge in [0.1, 0.15) is 5.82 Å². The van der Waals surface area contributed by atoms with Crippen LogP contribution in [0, 0.1) is 0 Å². The molecule has 2 N–H and O–H groups in total. The Bertz CT molecular complexity index is 593. The monoisotopic (exact) mass is 303 g/mol. The molecule has 0 bridgehead atoms. The number of nitrogens with two attached hydrogens (primary N) is 1. The third kappa shape index (κ3) is 3.09. The zero-order valence-corrected chi connectivity index (χ0v) is 12.5. The van der Waals surface area contributed by atoms with E-state index < -0.39 is 0 Å². The fourth-order valence-corrected chi connectivity index (χ4v) is 2.76. The van der Waals surface area contributed by atoms with Gasteiger partial charge in [0.2, 0.25) is 0 Å². The molecule has 110 valence electrons. The number of hydrogen-bond acceptors (Lipinski definition) is 5. The molecule has 0 atom stereocenters. The van der Waals surface area contributed by atoms with Crippen molar-refractivity contribution in [1.82, 2.24) is 9.97 Å². The van der Waals surface area contributed by atoms with Gasteiger partial charge < -0.3 is 15.5 Å². The number of aromatic nitrogens is 2. The quantitative estimate of drug-likeness (QED) is 0.939. The third-order valence-corrected chi connectivity index (χ3v) is 4.02. The summed E-state index contributed by atoms with van der Waals surface area (Å²) in [5.74, 6) is 0.908. The fraction of sp³-hybridized carbons (Fsp3) is 0.333. The van der Waals surface area contributed by atoms with E-state index in [1.165, 1.54) is 0 Å². The number of nitrogens with zero attached hydrogens (tertiary/aromatic N) is 4. The number of benzene rings is 1. The van der Waals surface area contributed by atoms with Gasteiger partial charge in [-0.25, -0.2) is 4.98 Å². The SMILES string of the molecule is NCc1cnc(N2CCN(c3ccccc3Cl)CC2)cn1. The Kier molecular flexibility index (Phi) is 4.22. The topological polar surface area (TPSA) is 58.3 Å². The van der Waals surface area contributed by atoms with Gasteiger partial charge in [0.15, 0.2) is 0 Å². The van der Waals surface area contributed by atoms with Gasteiger partial charge >= 0.3 is 0 Å². The highest BCUT2D eigenvalue weighted by Crippen LogP contribution is 2.26. The molecule has 1 saturated heterocycles. The van der Waals surface area contributed by atoms with Gasteiger partial charge in [-0.2, -0.15) is 0 Å². The van der Waals surface area contributed by atoms with Crippen LogP contribution in [0.15, 0.2) is 36.7 Å². The van der Waals surface area contributed by atoms with Crippen molar-refractivity contribution in [3.8, 4) is 0 Å². The molecule has 1 aliphatic rings. The summed E-state index contributed by atoms with van der Waals surface area (Å²) in [6.07, 6.45) is 3.54. The molecule has 5 nitrogen and oxygen atoms in total. The van der Waals surface area contributed by atoms with E-state index in [9.17, 15) is 0 Å². The largest absolute Gasteiger partial charge is 0.367 e. The first-order valence-corrected chi connectivity index (χ1v) is 7.41. The average molecular weight is 304 g/mol. The van der Waals surface area contributed by atoms with Crippen LogP contribution in [0.1, 0.15) is 5.69 Å². The second-order valence-electron chi connectivity index (χ2n) is 5.00. The number of para-hydroxylation sites is 1. The minimum absolute atomic E-state index is 0.424. The van der Waals surface area contributed by atoms with Crippen molar-refractivity contribution in [2.75, 3.05) is 36.0 Å². The van der Waals surface area contributed by atoms with Crippen LogP contribution >= 0.6 is 11.6 Å². The first-order chi connectivity index (χ1) is 10.3. The van der Waals surface area contributed by atoms with E-state index in [2.05, 4.69) is 25.8 Å². The first-order valence-electron chi connectivity index (χ1n) is 7.03. The second kappa shape index (κ2) is 6.28. The van der Waals surface area contributed by atoms with E-state index in [-0.39, 0.29) is 0 Å². The summed E-state index contributed by atoms with van der Waals surface area (Å²) >= 11 is 6.25. The maximum Gasteiger partial charge on any atom is 0.147 e.